The van der Waals surface area contributed by atoms with Crippen LogP contribution in [0.25, 0.3) is 0 Å². The second-order valence-electron chi connectivity index (χ2n) is 7.55. The van der Waals surface area contributed by atoms with Gasteiger partial charge in [0.2, 0.25) is 0 Å². The quantitative estimate of drug-likeness (QED) is 0.181. The molecule has 30 heavy (non-hydrogen) atoms. The summed E-state index contributed by atoms with van der Waals surface area (Å²) in [6.07, 6.45) is 15.0. The topological polar surface area (TPSA) is 113 Å². The molecule has 1 atom stereocenters. The van der Waals surface area contributed by atoms with Crippen molar-refractivity contribution in [3.05, 3.63) is 46.6 Å². The maximum Gasteiger partial charge on any atom is 0.481 e. The molecule has 0 aliphatic heterocycles. The highest BCUT2D eigenvalue weighted by Crippen LogP contribution is 2.57. The smallest absolute Gasteiger partial charge is 0.302 e. The molecule has 0 spiro atoms. The molecule has 0 rings (SSSR count). The van der Waals surface area contributed by atoms with Crippen molar-refractivity contribution in [2.75, 3.05) is 6.61 Å². The van der Waals surface area contributed by atoms with E-state index in [0.717, 1.165) is 50.5 Å². The number of phosphoric acid groups is 2. The summed E-state index contributed by atoms with van der Waals surface area (Å²) in [5.74, 6) is 0. The maximum atomic E-state index is 11.4. The van der Waals surface area contributed by atoms with E-state index in [-0.39, 0.29) is 6.61 Å². The van der Waals surface area contributed by atoms with E-state index in [1.165, 1.54) is 16.7 Å². The lowest BCUT2D eigenvalue weighted by atomic mass is 10.0. The summed E-state index contributed by atoms with van der Waals surface area (Å²) in [7, 11) is -9.87. The summed E-state index contributed by atoms with van der Waals surface area (Å²) in [5, 5.41) is 0. The number of rotatable bonds is 15. The first-order valence-electron chi connectivity index (χ1n) is 10.2. The maximum absolute atomic E-state index is 11.4. The van der Waals surface area contributed by atoms with Crippen molar-refractivity contribution in [3.63, 3.8) is 0 Å². The van der Waals surface area contributed by atoms with Crippen LogP contribution in [0.15, 0.2) is 46.6 Å². The van der Waals surface area contributed by atoms with Gasteiger partial charge in [-0.3, -0.25) is 4.52 Å². The molecule has 1 unspecified atom stereocenters. The minimum absolute atomic E-state index is 0.254. The van der Waals surface area contributed by atoms with Crippen LogP contribution in [-0.2, 0) is 18.0 Å². The Balaban J connectivity index is 4.36. The highest BCUT2D eigenvalue weighted by atomic mass is 31.3. The van der Waals surface area contributed by atoms with E-state index in [9.17, 15) is 14.0 Å². The Hall–Kier alpha value is -0.780. The highest BCUT2D eigenvalue weighted by Gasteiger charge is 2.31. The van der Waals surface area contributed by atoms with Crippen LogP contribution < -0.4 is 0 Å². The van der Waals surface area contributed by atoms with Crippen LogP contribution in [0, 0.1) is 0 Å². The van der Waals surface area contributed by atoms with Crippen molar-refractivity contribution in [2.24, 2.45) is 0 Å². The molecule has 3 N–H and O–H groups in total. The average Bonchev–Trinajstić information content (AvgIpc) is 2.57. The Morgan fingerprint density at radius 2 is 1.30 bits per heavy atom. The first kappa shape index (κ1) is 29.2. The van der Waals surface area contributed by atoms with Gasteiger partial charge in [-0.05, 0) is 72.6 Å². The molecule has 0 bridgehead atoms. The molecule has 0 aliphatic carbocycles. The van der Waals surface area contributed by atoms with E-state index in [1.807, 2.05) is 6.92 Å². The molecule has 174 valence electrons. The van der Waals surface area contributed by atoms with Crippen molar-refractivity contribution in [1.29, 1.82) is 0 Å². The van der Waals surface area contributed by atoms with E-state index >= 15 is 0 Å². The molecule has 0 aliphatic rings. The van der Waals surface area contributed by atoms with Crippen LogP contribution in [0.3, 0.4) is 0 Å². The lowest BCUT2D eigenvalue weighted by Crippen LogP contribution is -1.95. The van der Waals surface area contributed by atoms with Crippen LogP contribution in [0.1, 0.15) is 79.6 Å². The van der Waals surface area contributed by atoms with E-state index in [4.69, 9.17) is 9.79 Å². The molecule has 0 aromatic heterocycles. The third kappa shape index (κ3) is 18.0. The second-order valence-corrected chi connectivity index (χ2v) is 10.4. The average molecular weight is 464 g/mol. The van der Waals surface area contributed by atoms with Gasteiger partial charge < -0.3 is 14.7 Å². The molecule has 0 aromatic rings. The lowest BCUT2D eigenvalue weighted by Gasteiger charge is -2.11. The van der Waals surface area contributed by atoms with Crippen LogP contribution >= 0.6 is 15.6 Å². The monoisotopic (exact) mass is 464 g/mol. The van der Waals surface area contributed by atoms with Crippen molar-refractivity contribution in [2.45, 2.75) is 79.6 Å². The fourth-order valence-corrected chi connectivity index (χ4v) is 4.20. The van der Waals surface area contributed by atoms with Gasteiger partial charge >= 0.3 is 15.6 Å². The number of phosphoric ester groups is 1. The highest BCUT2D eigenvalue weighted by molar-refractivity contribution is 7.60. The van der Waals surface area contributed by atoms with Gasteiger partial charge in [-0.2, -0.15) is 4.31 Å². The molecule has 0 heterocycles. The van der Waals surface area contributed by atoms with E-state index < -0.39 is 15.6 Å². The molecular formula is C21H38O7P2. The fraction of sp³-hybridized carbons (Fsp3) is 0.619. The van der Waals surface area contributed by atoms with Crippen molar-refractivity contribution in [1.82, 2.24) is 0 Å². The van der Waals surface area contributed by atoms with Gasteiger partial charge in [-0.1, -0.05) is 53.5 Å². The summed E-state index contributed by atoms with van der Waals surface area (Å²) in [4.78, 5) is 26.4. The first-order chi connectivity index (χ1) is 13.8. The first-order valence-corrected chi connectivity index (χ1v) is 13.2. The Morgan fingerprint density at radius 1 is 0.800 bits per heavy atom. The second kappa shape index (κ2) is 15.1. The standard InChI is InChI=1S/C21H38O7P2/c1-6-21(16-17-27-30(25,26)28-29(22,23)24)15-9-14-20(5)13-8-12-19(4)11-7-10-18(2)3/h10,12,14,16H,6-9,11,13,15,17H2,1-5H3,(H,25,26)(H2,22,23,24)/b19-12+,20-14+,21-16-. The van der Waals surface area contributed by atoms with Gasteiger partial charge in [0.15, 0.2) is 0 Å². The van der Waals surface area contributed by atoms with Gasteiger partial charge in [-0.15, -0.1) is 0 Å². The minimum atomic E-state index is -5.09. The number of allylic oxidation sites excluding steroid dienone is 7. The van der Waals surface area contributed by atoms with Gasteiger partial charge in [0, 0.05) is 0 Å². The Morgan fingerprint density at radius 3 is 1.77 bits per heavy atom. The largest absolute Gasteiger partial charge is 0.481 e. The summed E-state index contributed by atoms with van der Waals surface area (Å²) in [6.45, 7) is 10.2. The van der Waals surface area contributed by atoms with Crippen LogP contribution in [0.4, 0.5) is 0 Å². The Bertz CT molecular complexity index is 726. The zero-order valence-corrected chi connectivity index (χ0v) is 20.6. The summed E-state index contributed by atoms with van der Waals surface area (Å²) in [5.41, 5.74) is 5.13. The van der Waals surface area contributed by atoms with E-state index in [2.05, 4.69) is 54.8 Å². The molecule has 0 saturated heterocycles. The molecule has 9 heteroatoms. The lowest BCUT2D eigenvalue weighted by molar-refractivity contribution is 0.191. The summed E-state index contributed by atoms with van der Waals surface area (Å²) >= 11 is 0. The van der Waals surface area contributed by atoms with Gasteiger partial charge in [0.25, 0.3) is 0 Å². The van der Waals surface area contributed by atoms with Crippen LogP contribution in [0.2, 0.25) is 0 Å². The molecule has 0 amide bonds. The molecule has 7 nitrogen and oxygen atoms in total. The molecule has 0 radical (unpaired) electrons. The zero-order chi connectivity index (χ0) is 23.2. The van der Waals surface area contributed by atoms with Crippen molar-refractivity contribution >= 4 is 15.6 Å². The third-order valence-corrected chi connectivity index (χ3v) is 6.51. The zero-order valence-electron chi connectivity index (χ0n) is 18.8. The fourth-order valence-electron chi connectivity index (χ4n) is 2.67. The Kier molecular flexibility index (Phi) is 14.7. The van der Waals surface area contributed by atoms with Gasteiger partial charge in [0.05, 0.1) is 6.61 Å². The molecule has 0 aromatic carbocycles. The van der Waals surface area contributed by atoms with Crippen molar-refractivity contribution in [3.8, 4) is 0 Å². The molecular weight excluding hydrogens is 426 g/mol. The normalized spacial score (nSPS) is 15.8. The summed E-state index contributed by atoms with van der Waals surface area (Å²) < 4.78 is 30.4. The van der Waals surface area contributed by atoms with E-state index in [1.54, 1.807) is 6.08 Å². The van der Waals surface area contributed by atoms with Gasteiger partial charge in [0.1, 0.15) is 0 Å². The predicted octanol–water partition coefficient (Wildman–Crippen LogP) is 6.75. The Labute approximate surface area is 181 Å². The molecule has 0 fully saturated rings. The number of hydrogen-bond acceptors (Lipinski definition) is 4. The predicted molar refractivity (Wildman–Crippen MR) is 122 cm³/mol. The SMILES string of the molecule is CC/C(=C/COP(=O)(O)OP(=O)(O)O)CC/C=C(\C)CC/C=C(\C)CCC=C(C)C. The van der Waals surface area contributed by atoms with Crippen LogP contribution in [0.5, 0.6) is 0 Å². The van der Waals surface area contributed by atoms with Crippen LogP contribution in [-0.4, -0.2) is 21.3 Å². The van der Waals surface area contributed by atoms with E-state index in [0.29, 0.717) is 0 Å². The minimum Gasteiger partial charge on any atom is -0.302 e. The number of hydrogen-bond donors (Lipinski definition) is 3. The van der Waals surface area contributed by atoms with Gasteiger partial charge in [-0.25, -0.2) is 9.13 Å². The summed E-state index contributed by atoms with van der Waals surface area (Å²) in [6, 6.07) is 0. The van der Waals surface area contributed by atoms with Crippen molar-refractivity contribution < 1.29 is 32.6 Å². The molecule has 0 saturated carbocycles. The third-order valence-electron chi connectivity index (χ3n) is 4.35.